The second-order valence-corrected chi connectivity index (χ2v) is 5.52. The summed E-state index contributed by atoms with van der Waals surface area (Å²) in [6, 6.07) is 6.05. The molecule has 0 aliphatic rings. The minimum Gasteiger partial charge on any atom is -0.491 e. The lowest BCUT2D eigenvalue weighted by atomic mass is 10.2. The zero-order valence-electron chi connectivity index (χ0n) is 11.3. The van der Waals surface area contributed by atoms with Gasteiger partial charge in [0.25, 0.3) is 0 Å². The van der Waals surface area contributed by atoms with E-state index in [1.54, 1.807) is 0 Å². The van der Waals surface area contributed by atoms with Crippen molar-refractivity contribution in [1.29, 1.82) is 0 Å². The van der Waals surface area contributed by atoms with E-state index in [9.17, 15) is 0 Å². The van der Waals surface area contributed by atoms with E-state index in [1.165, 1.54) is 0 Å². The number of nitrogens with one attached hydrogen (secondary N) is 1. The van der Waals surface area contributed by atoms with Crippen LogP contribution in [-0.2, 0) is 11.3 Å². The lowest BCUT2D eigenvalue weighted by Crippen LogP contribution is -2.12. The normalized spacial score (nSPS) is 10.9. The lowest BCUT2D eigenvalue weighted by Gasteiger charge is -2.12. The molecule has 0 aliphatic carbocycles. The molecule has 0 bridgehead atoms. The van der Waals surface area contributed by atoms with Gasteiger partial charge in [0, 0.05) is 23.2 Å². The van der Waals surface area contributed by atoms with E-state index in [0.717, 1.165) is 28.9 Å². The monoisotopic (exact) mass is 315 g/mol. The van der Waals surface area contributed by atoms with Crippen molar-refractivity contribution < 1.29 is 9.47 Å². The molecular weight excluding hydrogens is 294 g/mol. The number of hydrogen-bond acceptors (Lipinski definition) is 3. The molecule has 0 aromatic heterocycles. The molecule has 0 spiro atoms. The second-order valence-electron chi connectivity index (χ2n) is 4.60. The Morgan fingerprint density at radius 1 is 1.28 bits per heavy atom. The summed E-state index contributed by atoms with van der Waals surface area (Å²) >= 11 is 3.47. The van der Waals surface area contributed by atoms with Crippen molar-refractivity contribution in [3.8, 4) is 5.75 Å². The highest BCUT2D eigenvalue weighted by Crippen LogP contribution is 2.23. The molecule has 1 aromatic carbocycles. The van der Waals surface area contributed by atoms with Crippen LogP contribution in [0.5, 0.6) is 5.75 Å². The predicted octanol–water partition coefficient (Wildman–Crippen LogP) is 3.22. The van der Waals surface area contributed by atoms with Gasteiger partial charge in [0.2, 0.25) is 0 Å². The summed E-state index contributed by atoms with van der Waals surface area (Å²) in [5, 5.41) is 3.14. The van der Waals surface area contributed by atoms with Crippen LogP contribution < -0.4 is 10.1 Å². The third-order valence-electron chi connectivity index (χ3n) is 2.33. The first-order valence-corrected chi connectivity index (χ1v) is 7.06. The van der Waals surface area contributed by atoms with Crippen LogP contribution in [0.1, 0.15) is 19.4 Å². The molecule has 102 valence electrons. The summed E-state index contributed by atoms with van der Waals surface area (Å²) in [6.07, 6.45) is 0. The van der Waals surface area contributed by atoms with Gasteiger partial charge in [-0.25, -0.2) is 0 Å². The topological polar surface area (TPSA) is 30.5 Å². The van der Waals surface area contributed by atoms with Gasteiger partial charge in [0.05, 0.1) is 6.61 Å². The van der Waals surface area contributed by atoms with E-state index < -0.39 is 0 Å². The van der Waals surface area contributed by atoms with Gasteiger partial charge in [-0.05, 0) is 31.2 Å². The Labute approximate surface area is 118 Å². The third-order valence-corrected chi connectivity index (χ3v) is 2.82. The van der Waals surface area contributed by atoms with Crippen LogP contribution in [0, 0.1) is 5.92 Å². The molecule has 4 heteroatoms. The minimum atomic E-state index is 0.567. The first-order valence-electron chi connectivity index (χ1n) is 6.27. The van der Waals surface area contributed by atoms with E-state index in [1.807, 2.05) is 19.2 Å². The molecule has 0 atom stereocenters. The van der Waals surface area contributed by atoms with Crippen LogP contribution in [0.25, 0.3) is 0 Å². The van der Waals surface area contributed by atoms with Crippen LogP contribution in [0.3, 0.4) is 0 Å². The Kier molecular flexibility index (Phi) is 7.32. The quantitative estimate of drug-likeness (QED) is 0.747. The Bertz CT molecular complexity index is 356. The highest BCUT2D eigenvalue weighted by molar-refractivity contribution is 9.10. The Morgan fingerprint density at radius 3 is 2.72 bits per heavy atom. The van der Waals surface area contributed by atoms with Gasteiger partial charge in [0.1, 0.15) is 12.4 Å². The SMILES string of the molecule is CNCc1cc(Br)ccc1OCCOCC(C)C. The average Bonchev–Trinajstić information content (AvgIpc) is 2.31. The van der Waals surface area contributed by atoms with Crippen LogP contribution in [0.4, 0.5) is 0 Å². The van der Waals surface area contributed by atoms with Gasteiger partial charge in [-0.3, -0.25) is 0 Å². The van der Waals surface area contributed by atoms with Crippen molar-refractivity contribution >= 4 is 15.9 Å². The Hall–Kier alpha value is -0.580. The number of hydrogen-bond donors (Lipinski definition) is 1. The van der Waals surface area contributed by atoms with E-state index in [-0.39, 0.29) is 0 Å². The molecule has 1 aromatic rings. The summed E-state index contributed by atoms with van der Waals surface area (Å²) in [7, 11) is 1.93. The van der Waals surface area contributed by atoms with Crippen LogP contribution in [0.15, 0.2) is 22.7 Å². The smallest absolute Gasteiger partial charge is 0.123 e. The van der Waals surface area contributed by atoms with Crippen molar-refractivity contribution in [3.05, 3.63) is 28.2 Å². The van der Waals surface area contributed by atoms with Gasteiger partial charge in [-0.1, -0.05) is 29.8 Å². The standard InChI is InChI=1S/C14H22BrNO2/c1-11(2)10-17-6-7-18-14-5-4-13(15)8-12(14)9-16-3/h4-5,8,11,16H,6-7,9-10H2,1-3H3. The summed E-state index contributed by atoms with van der Waals surface area (Å²) in [5.41, 5.74) is 1.15. The van der Waals surface area contributed by atoms with Crippen LogP contribution in [-0.4, -0.2) is 26.9 Å². The highest BCUT2D eigenvalue weighted by atomic mass is 79.9. The zero-order valence-corrected chi connectivity index (χ0v) is 12.9. The first-order chi connectivity index (χ1) is 8.63. The van der Waals surface area contributed by atoms with Crippen molar-refractivity contribution in [2.24, 2.45) is 5.92 Å². The molecule has 0 unspecified atom stereocenters. The first kappa shape index (κ1) is 15.5. The van der Waals surface area contributed by atoms with Gasteiger partial charge < -0.3 is 14.8 Å². The predicted molar refractivity (Wildman–Crippen MR) is 78.1 cm³/mol. The number of halogens is 1. The molecule has 3 nitrogen and oxygen atoms in total. The third kappa shape index (κ3) is 5.85. The second kappa shape index (κ2) is 8.51. The van der Waals surface area contributed by atoms with Gasteiger partial charge in [-0.2, -0.15) is 0 Å². The molecule has 0 fully saturated rings. The van der Waals surface area contributed by atoms with E-state index in [0.29, 0.717) is 19.1 Å². The fraction of sp³-hybridized carbons (Fsp3) is 0.571. The van der Waals surface area contributed by atoms with E-state index >= 15 is 0 Å². The molecule has 18 heavy (non-hydrogen) atoms. The summed E-state index contributed by atoms with van der Waals surface area (Å²) in [6.45, 7) is 7.08. The summed E-state index contributed by atoms with van der Waals surface area (Å²) < 4.78 is 12.3. The van der Waals surface area contributed by atoms with Crippen molar-refractivity contribution in [1.82, 2.24) is 5.32 Å². The lowest BCUT2D eigenvalue weighted by molar-refractivity contribution is 0.0816. The maximum atomic E-state index is 5.74. The van der Waals surface area contributed by atoms with Crippen molar-refractivity contribution in [2.45, 2.75) is 20.4 Å². The molecular formula is C14H22BrNO2. The Balaban J connectivity index is 2.41. The van der Waals surface area contributed by atoms with Gasteiger partial charge in [-0.15, -0.1) is 0 Å². The van der Waals surface area contributed by atoms with E-state index in [2.05, 4.69) is 41.2 Å². The largest absolute Gasteiger partial charge is 0.491 e. The molecule has 0 saturated carbocycles. The fourth-order valence-electron chi connectivity index (χ4n) is 1.55. The fourth-order valence-corrected chi connectivity index (χ4v) is 1.96. The van der Waals surface area contributed by atoms with Gasteiger partial charge in [0.15, 0.2) is 0 Å². The average molecular weight is 316 g/mol. The maximum Gasteiger partial charge on any atom is 0.123 e. The summed E-state index contributed by atoms with van der Waals surface area (Å²) in [5.74, 6) is 1.48. The summed E-state index contributed by atoms with van der Waals surface area (Å²) in [4.78, 5) is 0. The number of ether oxygens (including phenoxy) is 2. The number of rotatable bonds is 8. The molecule has 0 heterocycles. The molecule has 0 saturated heterocycles. The van der Waals surface area contributed by atoms with E-state index in [4.69, 9.17) is 9.47 Å². The van der Waals surface area contributed by atoms with Gasteiger partial charge >= 0.3 is 0 Å². The minimum absolute atomic E-state index is 0.567. The zero-order chi connectivity index (χ0) is 13.4. The molecule has 0 aliphatic heterocycles. The molecule has 0 amide bonds. The van der Waals surface area contributed by atoms with Crippen LogP contribution >= 0.6 is 15.9 Å². The molecule has 1 rings (SSSR count). The highest BCUT2D eigenvalue weighted by Gasteiger charge is 2.04. The van der Waals surface area contributed by atoms with Crippen molar-refractivity contribution in [2.75, 3.05) is 26.9 Å². The van der Waals surface area contributed by atoms with Crippen molar-refractivity contribution in [3.63, 3.8) is 0 Å². The molecule has 0 radical (unpaired) electrons. The number of benzene rings is 1. The van der Waals surface area contributed by atoms with Crippen LogP contribution in [0.2, 0.25) is 0 Å². The molecule has 1 N–H and O–H groups in total. The maximum absolute atomic E-state index is 5.74. The Morgan fingerprint density at radius 2 is 2.06 bits per heavy atom.